The number of methoxy groups -OCH3 is 3. The Hall–Kier alpha value is -2.33. The predicted octanol–water partition coefficient (Wildman–Crippen LogP) is -0.376. The van der Waals surface area contributed by atoms with E-state index in [0.717, 1.165) is 0 Å². The van der Waals surface area contributed by atoms with Gasteiger partial charge in [0.25, 0.3) is 0 Å². The molecule has 0 spiro atoms. The summed E-state index contributed by atoms with van der Waals surface area (Å²) in [5.74, 6) is 4.31. The Labute approximate surface area is 104 Å². The molecule has 7 heteroatoms. The first kappa shape index (κ1) is 13.7. The molecule has 0 fully saturated rings. The molecule has 1 heterocycles. The molecule has 0 amide bonds. The topological polar surface area (TPSA) is 90.8 Å². The van der Waals surface area contributed by atoms with E-state index >= 15 is 0 Å². The van der Waals surface area contributed by atoms with Crippen LogP contribution in [0.15, 0.2) is 0 Å². The van der Waals surface area contributed by atoms with Crippen molar-refractivity contribution < 1.29 is 24.1 Å². The largest absolute Gasteiger partial charge is 0.480 e. The maximum absolute atomic E-state index is 11.6. The van der Waals surface area contributed by atoms with E-state index in [0.29, 0.717) is 0 Å². The van der Waals surface area contributed by atoms with E-state index in [-0.39, 0.29) is 29.8 Å². The number of aliphatic hydroxyl groups is 1. The highest BCUT2D eigenvalue weighted by Gasteiger charge is 2.20. The molecule has 96 valence electrons. The molecule has 0 atom stereocenters. The van der Waals surface area contributed by atoms with Gasteiger partial charge < -0.3 is 19.3 Å². The second-order valence-corrected chi connectivity index (χ2v) is 2.89. The van der Waals surface area contributed by atoms with Crippen molar-refractivity contribution >= 4 is 5.97 Å². The molecular weight excluding hydrogens is 240 g/mol. The minimum Gasteiger partial charge on any atom is -0.480 e. The zero-order chi connectivity index (χ0) is 13.5. The number of aromatic nitrogens is 2. The molecule has 0 aromatic carbocycles. The Bertz CT molecular complexity index is 504. The molecule has 7 nitrogen and oxygen atoms in total. The maximum Gasteiger partial charge on any atom is 0.358 e. The normalized spacial score (nSPS) is 9.11. The number of ether oxygens (including phenoxy) is 3. The molecular formula is C11H12N2O5. The van der Waals surface area contributed by atoms with Gasteiger partial charge in [0.2, 0.25) is 5.88 Å². The monoisotopic (exact) mass is 252 g/mol. The minimum atomic E-state index is -0.698. The highest BCUT2D eigenvalue weighted by molar-refractivity contribution is 5.91. The van der Waals surface area contributed by atoms with Gasteiger partial charge >= 0.3 is 12.0 Å². The van der Waals surface area contributed by atoms with Gasteiger partial charge in [-0.15, -0.1) is 0 Å². The number of esters is 1. The molecule has 0 unspecified atom stereocenters. The van der Waals surface area contributed by atoms with Gasteiger partial charge in [-0.2, -0.15) is 9.97 Å². The molecule has 0 aliphatic carbocycles. The summed E-state index contributed by atoms with van der Waals surface area (Å²) in [4.78, 5) is 19.3. The van der Waals surface area contributed by atoms with Crippen molar-refractivity contribution in [3.63, 3.8) is 0 Å². The fraction of sp³-hybridized carbons (Fsp3) is 0.364. The number of carbonyl (C=O) groups excluding carboxylic acids is 1. The van der Waals surface area contributed by atoms with Gasteiger partial charge in [0.05, 0.1) is 21.3 Å². The summed E-state index contributed by atoms with van der Waals surface area (Å²) in [6, 6.07) is -0.0400. The molecule has 0 aliphatic rings. The number of hydrogen-bond acceptors (Lipinski definition) is 7. The van der Waals surface area contributed by atoms with Gasteiger partial charge in [-0.25, -0.2) is 4.79 Å². The van der Waals surface area contributed by atoms with Crippen molar-refractivity contribution in [1.29, 1.82) is 0 Å². The summed E-state index contributed by atoms with van der Waals surface area (Å²) in [5.41, 5.74) is 0.0568. The van der Waals surface area contributed by atoms with Crippen LogP contribution in [0.5, 0.6) is 11.9 Å². The average Bonchev–Trinajstić information content (AvgIpc) is 2.43. The van der Waals surface area contributed by atoms with E-state index in [1.807, 2.05) is 0 Å². The molecule has 1 aromatic rings. The molecule has 0 aliphatic heterocycles. The summed E-state index contributed by atoms with van der Waals surface area (Å²) in [6.07, 6.45) is 0. The quantitative estimate of drug-likeness (QED) is 0.579. The van der Waals surface area contributed by atoms with E-state index in [1.165, 1.54) is 21.3 Å². The molecule has 1 N–H and O–H groups in total. The first-order valence-corrected chi connectivity index (χ1v) is 4.86. The van der Waals surface area contributed by atoms with Crippen LogP contribution in [0.3, 0.4) is 0 Å². The lowest BCUT2D eigenvalue weighted by Crippen LogP contribution is -2.11. The Kier molecular flexibility index (Phi) is 4.90. The second kappa shape index (κ2) is 6.42. The molecule has 1 aromatic heterocycles. The standard InChI is InChI=1S/C11H12N2O5/c1-16-9-7(5-4-6-14)8(10(15)17-2)12-11(13-9)18-3/h14H,6H2,1-3H3. The fourth-order valence-electron chi connectivity index (χ4n) is 1.14. The number of rotatable bonds is 3. The third kappa shape index (κ3) is 2.87. The van der Waals surface area contributed by atoms with Crippen molar-refractivity contribution in [3.8, 4) is 23.7 Å². The lowest BCUT2D eigenvalue weighted by Gasteiger charge is -2.08. The molecule has 0 saturated heterocycles. The molecule has 0 bridgehead atoms. The summed E-state index contributed by atoms with van der Waals surface area (Å²) in [7, 11) is 3.94. The molecule has 1 rings (SSSR count). The summed E-state index contributed by atoms with van der Waals surface area (Å²) in [6.45, 7) is -0.365. The highest BCUT2D eigenvalue weighted by atomic mass is 16.5. The molecule has 0 radical (unpaired) electrons. The van der Waals surface area contributed by atoms with E-state index in [4.69, 9.17) is 14.6 Å². The Balaban J connectivity index is 3.46. The van der Waals surface area contributed by atoms with Crippen LogP contribution in [0.2, 0.25) is 0 Å². The highest BCUT2D eigenvalue weighted by Crippen LogP contribution is 2.21. The Morgan fingerprint density at radius 3 is 2.50 bits per heavy atom. The molecule has 18 heavy (non-hydrogen) atoms. The van der Waals surface area contributed by atoms with Gasteiger partial charge in [-0.1, -0.05) is 11.8 Å². The van der Waals surface area contributed by atoms with Crippen LogP contribution < -0.4 is 9.47 Å². The maximum atomic E-state index is 11.6. The van der Waals surface area contributed by atoms with Crippen LogP contribution >= 0.6 is 0 Å². The van der Waals surface area contributed by atoms with Gasteiger partial charge in [0.15, 0.2) is 5.69 Å². The first-order valence-electron chi connectivity index (χ1n) is 4.86. The van der Waals surface area contributed by atoms with Crippen LogP contribution in [-0.4, -0.2) is 49.0 Å². The van der Waals surface area contributed by atoms with Gasteiger partial charge in [0, 0.05) is 0 Å². The van der Waals surface area contributed by atoms with Crippen LogP contribution in [0.25, 0.3) is 0 Å². The number of carbonyl (C=O) groups is 1. The van der Waals surface area contributed by atoms with Crippen molar-refractivity contribution in [1.82, 2.24) is 9.97 Å². The Morgan fingerprint density at radius 1 is 1.28 bits per heavy atom. The van der Waals surface area contributed by atoms with Crippen LogP contribution in [0, 0.1) is 11.8 Å². The summed E-state index contributed by atoms with van der Waals surface area (Å²) >= 11 is 0. The van der Waals surface area contributed by atoms with E-state index in [1.54, 1.807) is 0 Å². The van der Waals surface area contributed by atoms with E-state index in [9.17, 15) is 4.79 Å². The van der Waals surface area contributed by atoms with Crippen molar-refractivity contribution in [2.75, 3.05) is 27.9 Å². The van der Waals surface area contributed by atoms with Gasteiger partial charge in [0.1, 0.15) is 12.2 Å². The van der Waals surface area contributed by atoms with Gasteiger partial charge in [-0.05, 0) is 0 Å². The third-order valence-electron chi connectivity index (χ3n) is 1.90. The van der Waals surface area contributed by atoms with Crippen LogP contribution in [0.1, 0.15) is 16.1 Å². The first-order chi connectivity index (χ1) is 8.67. The van der Waals surface area contributed by atoms with Crippen molar-refractivity contribution in [2.45, 2.75) is 0 Å². The predicted molar refractivity (Wildman–Crippen MR) is 60.4 cm³/mol. The summed E-state index contributed by atoms with van der Waals surface area (Å²) < 4.78 is 14.4. The average molecular weight is 252 g/mol. The van der Waals surface area contributed by atoms with Crippen molar-refractivity contribution in [2.24, 2.45) is 0 Å². The minimum absolute atomic E-state index is 0.0400. The number of hydrogen-bond donors (Lipinski definition) is 1. The SMILES string of the molecule is COC(=O)c1nc(OC)nc(OC)c1C#CCO. The molecule has 0 saturated carbocycles. The van der Waals surface area contributed by atoms with Crippen LogP contribution in [-0.2, 0) is 4.74 Å². The number of aliphatic hydroxyl groups excluding tert-OH is 1. The van der Waals surface area contributed by atoms with E-state index < -0.39 is 5.97 Å². The smallest absolute Gasteiger partial charge is 0.358 e. The number of nitrogens with zero attached hydrogens (tertiary/aromatic N) is 2. The summed E-state index contributed by atoms with van der Waals surface area (Å²) in [5, 5.41) is 8.68. The lowest BCUT2D eigenvalue weighted by atomic mass is 10.2. The lowest BCUT2D eigenvalue weighted by molar-refractivity contribution is 0.0591. The fourth-order valence-corrected chi connectivity index (χ4v) is 1.14. The second-order valence-electron chi connectivity index (χ2n) is 2.89. The van der Waals surface area contributed by atoms with Gasteiger partial charge in [-0.3, -0.25) is 0 Å². The third-order valence-corrected chi connectivity index (χ3v) is 1.90. The zero-order valence-corrected chi connectivity index (χ0v) is 10.2. The zero-order valence-electron chi connectivity index (χ0n) is 10.2. The van der Waals surface area contributed by atoms with E-state index in [2.05, 4.69) is 26.5 Å². The van der Waals surface area contributed by atoms with Crippen LogP contribution in [0.4, 0.5) is 0 Å². The Morgan fingerprint density at radius 2 is 2.00 bits per heavy atom. The van der Waals surface area contributed by atoms with Crippen molar-refractivity contribution in [3.05, 3.63) is 11.3 Å².